The summed E-state index contributed by atoms with van der Waals surface area (Å²) in [4.78, 5) is 25.5. The molecule has 9 heteroatoms. The number of hydrogen-bond donors (Lipinski definition) is 2. The van der Waals surface area contributed by atoms with Crippen molar-refractivity contribution < 1.29 is 19.4 Å². The summed E-state index contributed by atoms with van der Waals surface area (Å²) < 4.78 is 6.95. The zero-order valence-electron chi connectivity index (χ0n) is 19.6. The Morgan fingerprint density at radius 1 is 1.11 bits per heavy atom. The normalized spacial score (nSPS) is 17.3. The molecule has 0 saturated heterocycles. The first-order valence-electron chi connectivity index (χ1n) is 11.7. The van der Waals surface area contributed by atoms with Crippen molar-refractivity contribution in [1.29, 1.82) is 0 Å². The number of carbonyl (C=O) groups is 2. The van der Waals surface area contributed by atoms with Gasteiger partial charge in [-0.25, -0.2) is 9.59 Å². The first-order chi connectivity index (χ1) is 16.9. The minimum atomic E-state index is -1.15. The average molecular weight is 497 g/mol. The SMILES string of the molecule is CCN(C[C@@H]1CC[C@@H](NCc2ccc(Oc3ccc(Cl)cc3)cc2)C1)C(=O)n1ccc(C(=O)O)n1. The summed E-state index contributed by atoms with van der Waals surface area (Å²) in [6.07, 6.45) is 4.48. The van der Waals surface area contributed by atoms with Crippen molar-refractivity contribution in [2.24, 2.45) is 5.92 Å². The molecule has 8 nitrogen and oxygen atoms in total. The van der Waals surface area contributed by atoms with E-state index in [4.69, 9.17) is 21.4 Å². The van der Waals surface area contributed by atoms with Crippen LogP contribution in [0, 0.1) is 5.92 Å². The van der Waals surface area contributed by atoms with Gasteiger partial charge in [0.2, 0.25) is 0 Å². The molecule has 0 spiro atoms. The Kier molecular flexibility index (Phi) is 8.05. The number of halogens is 1. The molecule has 2 atom stereocenters. The van der Waals surface area contributed by atoms with E-state index in [0.29, 0.717) is 30.1 Å². The zero-order chi connectivity index (χ0) is 24.8. The van der Waals surface area contributed by atoms with Crippen LogP contribution >= 0.6 is 11.6 Å². The van der Waals surface area contributed by atoms with Crippen molar-refractivity contribution in [2.75, 3.05) is 13.1 Å². The van der Waals surface area contributed by atoms with Gasteiger partial charge in [-0.2, -0.15) is 9.78 Å². The fraction of sp³-hybridized carbons (Fsp3) is 0.346. The summed E-state index contributed by atoms with van der Waals surface area (Å²) in [6, 6.07) is 16.7. The van der Waals surface area contributed by atoms with Crippen molar-refractivity contribution in [3.63, 3.8) is 0 Å². The Hall–Kier alpha value is -3.36. The maximum absolute atomic E-state index is 12.8. The lowest BCUT2D eigenvalue weighted by Crippen LogP contribution is -2.38. The van der Waals surface area contributed by atoms with Crippen LogP contribution in [0.2, 0.25) is 5.02 Å². The Bertz CT molecular complexity index is 1150. The van der Waals surface area contributed by atoms with Gasteiger partial charge in [0, 0.05) is 36.9 Å². The highest BCUT2D eigenvalue weighted by Crippen LogP contribution is 2.27. The number of carbonyl (C=O) groups excluding carboxylic acids is 1. The highest BCUT2D eigenvalue weighted by molar-refractivity contribution is 6.30. The van der Waals surface area contributed by atoms with Crippen molar-refractivity contribution >= 4 is 23.6 Å². The Labute approximate surface area is 209 Å². The number of hydrogen-bond acceptors (Lipinski definition) is 5. The topological polar surface area (TPSA) is 96.7 Å². The second-order valence-corrected chi connectivity index (χ2v) is 9.17. The van der Waals surface area contributed by atoms with E-state index >= 15 is 0 Å². The third-order valence-electron chi connectivity index (χ3n) is 6.24. The molecule has 1 aliphatic carbocycles. The van der Waals surface area contributed by atoms with E-state index in [0.717, 1.165) is 42.0 Å². The van der Waals surface area contributed by atoms with Gasteiger partial charge in [0.05, 0.1) is 0 Å². The van der Waals surface area contributed by atoms with Gasteiger partial charge in [-0.05, 0) is 80.1 Å². The Morgan fingerprint density at radius 2 is 1.80 bits per heavy atom. The van der Waals surface area contributed by atoms with Crippen LogP contribution < -0.4 is 10.1 Å². The lowest BCUT2D eigenvalue weighted by molar-refractivity contribution is 0.0690. The third-order valence-corrected chi connectivity index (χ3v) is 6.50. The number of aromatic nitrogens is 2. The fourth-order valence-electron chi connectivity index (χ4n) is 4.35. The minimum Gasteiger partial charge on any atom is -0.476 e. The smallest absolute Gasteiger partial charge is 0.356 e. The van der Waals surface area contributed by atoms with Crippen molar-refractivity contribution in [3.05, 3.63) is 77.1 Å². The van der Waals surface area contributed by atoms with Crippen LogP contribution in [0.3, 0.4) is 0 Å². The number of nitrogens with zero attached hydrogens (tertiary/aromatic N) is 3. The van der Waals surface area contributed by atoms with E-state index in [1.54, 1.807) is 17.0 Å². The molecule has 0 bridgehead atoms. The van der Waals surface area contributed by atoms with Crippen LogP contribution in [0.25, 0.3) is 0 Å². The maximum atomic E-state index is 12.8. The van der Waals surface area contributed by atoms with E-state index in [1.807, 2.05) is 31.2 Å². The lowest BCUT2D eigenvalue weighted by Gasteiger charge is -2.24. The molecule has 1 amide bonds. The quantitative estimate of drug-likeness (QED) is 0.418. The standard InChI is InChI=1S/C26H29ClN4O4/c1-2-30(26(34)31-14-13-24(29-31)25(32)33)17-19-3-8-21(15-19)28-16-18-4-9-22(10-5-18)35-23-11-6-20(27)7-12-23/h4-7,9-14,19,21,28H,2-3,8,15-17H2,1H3,(H,32,33)/t19-,21-/m1/s1. The first kappa shape index (κ1) is 24.8. The van der Waals surface area contributed by atoms with Gasteiger partial charge in [0.25, 0.3) is 0 Å². The van der Waals surface area contributed by atoms with Crippen LogP contribution in [0.5, 0.6) is 11.5 Å². The van der Waals surface area contributed by atoms with Crippen LogP contribution in [0.1, 0.15) is 42.2 Å². The van der Waals surface area contributed by atoms with Crippen LogP contribution in [-0.2, 0) is 6.54 Å². The van der Waals surface area contributed by atoms with Crippen molar-refractivity contribution in [1.82, 2.24) is 20.0 Å². The van der Waals surface area contributed by atoms with Crippen LogP contribution in [0.4, 0.5) is 4.79 Å². The molecule has 0 radical (unpaired) electrons. The molecule has 3 aromatic rings. The van der Waals surface area contributed by atoms with Gasteiger partial charge in [-0.1, -0.05) is 23.7 Å². The minimum absolute atomic E-state index is 0.135. The van der Waals surface area contributed by atoms with E-state index in [1.165, 1.54) is 17.8 Å². The number of benzene rings is 2. The molecule has 0 unspecified atom stereocenters. The molecule has 1 aliphatic rings. The first-order valence-corrected chi connectivity index (χ1v) is 12.1. The van der Waals surface area contributed by atoms with E-state index < -0.39 is 5.97 Å². The van der Waals surface area contributed by atoms with Gasteiger partial charge in [0.1, 0.15) is 11.5 Å². The number of amides is 1. The van der Waals surface area contributed by atoms with Gasteiger partial charge in [-0.3, -0.25) is 0 Å². The summed E-state index contributed by atoms with van der Waals surface area (Å²) >= 11 is 5.91. The molecule has 35 heavy (non-hydrogen) atoms. The molecule has 184 valence electrons. The number of aromatic carboxylic acids is 1. The Balaban J connectivity index is 1.23. The number of carboxylic acid groups (broad SMARTS) is 1. The predicted molar refractivity (Wildman–Crippen MR) is 133 cm³/mol. The van der Waals surface area contributed by atoms with Crippen LogP contribution in [0.15, 0.2) is 60.8 Å². The van der Waals surface area contributed by atoms with E-state index in [9.17, 15) is 9.59 Å². The predicted octanol–water partition coefficient (Wildman–Crippen LogP) is 5.28. The maximum Gasteiger partial charge on any atom is 0.356 e. The summed E-state index contributed by atoms with van der Waals surface area (Å²) in [7, 11) is 0. The van der Waals surface area contributed by atoms with Gasteiger partial charge in [0.15, 0.2) is 5.69 Å². The molecular formula is C26H29ClN4O4. The monoisotopic (exact) mass is 496 g/mol. The summed E-state index contributed by atoms with van der Waals surface area (Å²) in [5.74, 6) is 0.759. The van der Waals surface area contributed by atoms with Gasteiger partial charge < -0.3 is 20.1 Å². The molecule has 1 saturated carbocycles. The highest BCUT2D eigenvalue weighted by Gasteiger charge is 2.28. The lowest BCUT2D eigenvalue weighted by atomic mass is 10.1. The second kappa shape index (κ2) is 11.4. The van der Waals surface area contributed by atoms with E-state index in [-0.39, 0.29) is 11.7 Å². The second-order valence-electron chi connectivity index (χ2n) is 8.73. The molecule has 2 aromatic carbocycles. The summed E-state index contributed by atoms with van der Waals surface area (Å²) in [5.41, 5.74) is 1.04. The third kappa shape index (κ3) is 6.61. The molecule has 4 rings (SSSR count). The van der Waals surface area contributed by atoms with Gasteiger partial charge in [-0.15, -0.1) is 0 Å². The average Bonchev–Trinajstić information content (AvgIpc) is 3.53. The molecular weight excluding hydrogens is 468 g/mol. The van der Waals surface area contributed by atoms with Crippen molar-refractivity contribution in [3.8, 4) is 11.5 Å². The molecule has 0 aliphatic heterocycles. The van der Waals surface area contributed by atoms with Crippen LogP contribution in [-0.4, -0.2) is 50.9 Å². The Morgan fingerprint density at radius 3 is 2.43 bits per heavy atom. The molecule has 1 heterocycles. The zero-order valence-corrected chi connectivity index (χ0v) is 20.3. The summed E-state index contributed by atoms with van der Waals surface area (Å²) in [5, 5.41) is 17.2. The number of rotatable bonds is 9. The molecule has 2 N–H and O–H groups in total. The molecule has 1 aromatic heterocycles. The largest absolute Gasteiger partial charge is 0.476 e. The number of carboxylic acids is 1. The van der Waals surface area contributed by atoms with E-state index in [2.05, 4.69) is 22.5 Å². The van der Waals surface area contributed by atoms with Crippen molar-refractivity contribution in [2.45, 2.75) is 38.8 Å². The number of nitrogens with one attached hydrogen (secondary N) is 1. The summed E-state index contributed by atoms with van der Waals surface area (Å²) in [6.45, 7) is 3.86. The fourth-order valence-corrected chi connectivity index (χ4v) is 4.47. The number of ether oxygens (including phenoxy) is 1. The molecule has 1 fully saturated rings. The highest BCUT2D eigenvalue weighted by atomic mass is 35.5. The van der Waals surface area contributed by atoms with Gasteiger partial charge >= 0.3 is 12.0 Å².